The molecule has 3 N–H and O–H groups in total. The van der Waals surface area contributed by atoms with Gasteiger partial charge in [0, 0.05) is 22.5 Å². The maximum Gasteiger partial charge on any atom is 0.250 e. The molecule has 0 radical (unpaired) electrons. The quantitative estimate of drug-likeness (QED) is 0.786. The Hall–Kier alpha value is -2.67. The molecule has 0 saturated carbocycles. The average molecular weight is 367 g/mol. The van der Waals surface area contributed by atoms with Gasteiger partial charge >= 0.3 is 0 Å². The van der Waals surface area contributed by atoms with E-state index in [1.54, 1.807) is 6.07 Å². The molecule has 4 heteroatoms. The van der Waals surface area contributed by atoms with E-state index in [4.69, 9.17) is 12.2 Å². The predicted octanol–water partition coefficient (Wildman–Crippen LogP) is 4.50. The van der Waals surface area contributed by atoms with Crippen LogP contribution in [0.3, 0.4) is 0 Å². The van der Waals surface area contributed by atoms with Crippen molar-refractivity contribution in [3.63, 3.8) is 0 Å². The lowest BCUT2D eigenvalue weighted by Gasteiger charge is -2.28. The number of primary amides is 1. The number of nitrogens with two attached hydrogens (primary N) is 1. The number of hydrogen-bond donors (Lipinski definition) is 2. The van der Waals surface area contributed by atoms with Crippen LogP contribution in [0.25, 0.3) is 11.3 Å². The standard InChI is InChI=1S/C23H30N2O2/c1-9-10-25-14(2)16(21(24)27)13-19(25)15-11-17(22(3,4)5)20(26)18(12-15)23(6,7)8/h1,11-13,26H,10H2,2-8H3,(H2,24,27). The number of terminal acetylenes is 1. The molecule has 2 rings (SSSR count). The Bertz CT molecular complexity index is 894. The first-order chi connectivity index (χ1) is 12.3. The second kappa shape index (κ2) is 6.81. The van der Waals surface area contributed by atoms with Crippen molar-refractivity contribution in [1.82, 2.24) is 4.57 Å². The second-order valence-electron chi connectivity index (χ2n) is 9.10. The first-order valence-electron chi connectivity index (χ1n) is 9.10. The summed E-state index contributed by atoms with van der Waals surface area (Å²) in [6, 6.07) is 5.76. The summed E-state index contributed by atoms with van der Waals surface area (Å²) in [5.74, 6) is 2.49. The van der Waals surface area contributed by atoms with Gasteiger partial charge in [-0.3, -0.25) is 4.79 Å². The van der Waals surface area contributed by atoms with Crippen molar-refractivity contribution in [2.24, 2.45) is 5.73 Å². The van der Waals surface area contributed by atoms with Gasteiger partial charge in [-0.25, -0.2) is 0 Å². The Morgan fingerprint density at radius 3 is 1.96 bits per heavy atom. The highest BCUT2D eigenvalue weighted by molar-refractivity contribution is 5.95. The Labute approximate surface area is 162 Å². The maximum absolute atomic E-state index is 11.8. The average Bonchev–Trinajstić information content (AvgIpc) is 2.83. The van der Waals surface area contributed by atoms with Crippen LogP contribution >= 0.6 is 0 Å². The van der Waals surface area contributed by atoms with Crippen LogP contribution < -0.4 is 5.73 Å². The Morgan fingerprint density at radius 1 is 1.11 bits per heavy atom. The number of carbonyl (C=O) groups is 1. The van der Waals surface area contributed by atoms with Gasteiger partial charge in [-0.2, -0.15) is 0 Å². The molecule has 0 atom stereocenters. The molecule has 0 bridgehead atoms. The van der Waals surface area contributed by atoms with E-state index in [2.05, 4.69) is 47.5 Å². The molecule has 27 heavy (non-hydrogen) atoms. The zero-order valence-corrected chi connectivity index (χ0v) is 17.4. The number of nitrogens with zero attached hydrogens (tertiary/aromatic N) is 1. The van der Waals surface area contributed by atoms with Crippen LogP contribution in [0.1, 0.15) is 68.7 Å². The van der Waals surface area contributed by atoms with Crippen molar-refractivity contribution < 1.29 is 9.90 Å². The molecule has 2 aromatic rings. The number of rotatable bonds is 3. The molecule has 4 nitrogen and oxygen atoms in total. The van der Waals surface area contributed by atoms with E-state index in [1.165, 1.54) is 0 Å². The lowest BCUT2D eigenvalue weighted by molar-refractivity contribution is 0.0999. The number of hydrogen-bond acceptors (Lipinski definition) is 2. The SMILES string of the molecule is C#CCn1c(-c2cc(C(C)(C)C)c(O)c(C(C)(C)C)c2)cc(C(N)=O)c1C. The molecule has 0 aliphatic rings. The molecule has 1 aromatic heterocycles. The maximum atomic E-state index is 11.8. The van der Waals surface area contributed by atoms with Gasteiger partial charge in [0.25, 0.3) is 5.91 Å². The van der Waals surface area contributed by atoms with E-state index < -0.39 is 5.91 Å². The molecule has 0 spiro atoms. The normalized spacial score (nSPS) is 12.1. The predicted molar refractivity (Wildman–Crippen MR) is 111 cm³/mol. The molecule has 1 heterocycles. The summed E-state index contributed by atoms with van der Waals surface area (Å²) in [6.45, 7) is 14.6. The third-order valence-corrected chi connectivity index (χ3v) is 4.90. The molecule has 144 valence electrons. The number of phenols is 1. The lowest BCUT2D eigenvalue weighted by atomic mass is 9.78. The lowest BCUT2D eigenvalue weighted by Crippen LogP contribution is -2.17. The van der Waals surface area contributed by atoms with Crippen LogP contribution in [0.5, 0.6) is 5.75 Å². The van der Waals surface area contributed by atoms with Gasteiger partial charge in [0.2, 0.25) is 0 Å². The summed E-state index contributed by atoms with van der Waals surface area (Å²) >= 11 is 0. The Kier molecular flexibility index (Phi) is 5.21. The van der Waals surface area contributed by atoms with E-state index in [0.29, 0.717) is 17.9 Å². The van der Waals surface area contributed by atoms with E-state index >= 15 is 0 Å². The number of carbonyl (C=O) groups excluding carboxylic acids is 1. The molecular weight excluding hydrogens is 336 g/mol. The van der Waals surface area contributed by atoms with Crippen molar-refractivity contribution in [2.45, 2.75) is 65.8 Å². The highest BCUT2D eigenvalue weighted by atomic mass is 16.3. The topological polar surface area (TPSA) is 68.2 Å². The first-order valence-corrected chi connectivity index (χ1v) is 9.10. The first kappa shape index (κ1) is 20.6. The second-order valence-corrected chi connectivity index (χ2v) is 9.10. The number of benzene rings is 1. The van der Waals surface area contributed by atoms with E-state index in [-0.39, 0.29) is 10.8 Å². The van der Waals surface area contributed by atoms with Gasteiger partial charge in [-0.05, 0) is 41.5 Å². The summed E-state index contributed by atoms with van der Waals surface area (Å²) < 4.78 is 1.92. The van der Waals surface area contributed by atoms with Gasteiger partial charge in [-0.1, -0.05) is 47.5 Å². The highest BCUT2D eigenvalue weighted by Crippen LogP contribution is 2.42. The van der Waals surface area contributed by atoms with Crippen molar-refractivity contribution in [1.29, 1.82) is 0 Å². The number of phenolic OH excluding ortho intramolecular Hbond substituents is 1. The van der Waals surface area contributed by atoms with E-state index in [1.807, 2.05) is 23.6 Å². The van der Waals surface area contributed by atoms with Crippen molar-refractivity contribution in [3.8, 4) is 29.4 Å². The van der Waals surface area contributed by atoms with E-state index in [9.17, 15) is 9.90 Å². The third kappa shape index (κ3) is 3.88. The van der Waals surface area contributed by atoms with Crippen LogP contribution in [-0.2, 0) is 17.4 Å². The fourth-order valence-electron chi connectivity index (χ4n) is 3.35. The number of amides is 1. The summed E-state index contributed by atoms with van der Waals surface area (Å²) in [4.78, 5) is 11.8. The van der Waals surface area contributed by atoms with Gasteiger partial charge in [-0.15, -0.1) is 6.42 Å². The molecule has 0 aliphatic carbocycles. The van der Waals surface area contributed by atoms with Crippen LogP contribution in [0.15, 0.2) is 18.2 Å². The van der Waals surface area contributed by atoms with Gasteiger partial charge in [0.05, 0.1) is 12.1 Å². The van der Waals surface area contributed by atoms with Crippen LogP contribution in [0.2, 0.25) is 0 Å². The van der Waals surface area contributed by atoms with Gasteiger partial charge in [0.1, 0.15) is 5.75 Å². The number of aromatic hydroxyl groups is 1. The monoisotopic (exact) mass is 366 g/mol. The minimum atomic E-state index is -0.476. The smallest absolute Gasteiger partial charge is 0.250 e. The Morgan fingerprint density at radius 2 is 1.59 bits per heavy atom. The van der Waals surface area contributed by atoms with E-state index in [0.717, 1.165) is 28.1 Å². The molecule has 1 amide bonds. The third-order valence-electron chi connectivity index (χ3n) is 4.90. The molecule has 0 unspecified atom stereocenters. The molecule has 0 saturated heterocycles. The van der Waals surface area contributed by atoms with Crippen molar-refractivity contribution in [2.75, 3.05) is 0 Å². The minimum Gasteiger partial charge on any atom is -0.507 e. The van der Waals surface area contributed by atoms with Crippen LogP contribution in [-0.4, -0.2) is 15.6 Å². The summed E-state index contributed by atoms with van der Waals surface area (Å²) in [7, 11) is 0. The zero-order valence-electron chi connectivity index (χ0n) is 17.4. The molecule has 0 aliphatic heterocycles. The van der Waals surface area contributed by atoms with Gasteiger partial charge < -0.3 is 15.4 Å². The largest absolute Gasteiger partial charge is 0.507 e. The van der Waals surface area contributed by atoms with Crippen molar-refractivity contribution >= 4 is 5.91 Å². The van der Waals surface area contributed by atoms with Gasteiger partial charge in [0.15, 0.2) is 0 Å². The molecular formula is C23H30N2O2. The summed E-state index contributed by atoms with van der Waals surface area (Å²) in [6.07, 6.45) is 5.56. The van der Waals surface area contributed by atoms with Crippen LogP contribution in [0.4, 0.5) is 0 Å². The summed E-state index contributed by atoms with van der Waals surface area (Å²) in [5.41, 5.74) is 9.72. The van der Waals surface area contributed by atoms with Crippen LogP contribution in [0, 0.1) is 19.3 Å². The summed E-state index contributed by atoms with van der Waals surface area (Å²) in [5, 5.41) is 10.9. The molecule has 0 fully saturated rings. The zero-order chi connectivity index (χ0) is 20.7. The minimum absolute atomic E-state index is 0.245. The van der Waals surface area contributed by atoms with Crippen molar-refractivity contribution in [3.05, 3.63) is 40.6 Å². The molecule has 1 aromatic carbocycles. The fourth-order valence-corrected chi connectivity index (χ4v) is 3.35. The highest BCUT2D eigenvalue weighted by Gasteiger charge is 2.28. The number of aromatic nitrogens is 1. The Balaban J connectivity index is 2.90. The fraction of sp³-hybridized carbons (Fsp3) is 0.435.